The van der Waals surface area contributed by atoms with Gasteiger partial charge in [0.15, 0.2) is 5.11 Å². The monoisotopic (exact) mass is 445 g/mol. The first-order valence-corrected chi connectivity index (χ1v) is 10.7. The van der Waals surface area contributed by atoms with Gasteiger partial charge in [-0.25, -0.2) is 4.68 Å². The standard InChI is InChI=1S/C23H23N7OS/c1-15-12-19(16(2)30(15)28-13-25-26-14-28)22-21(20-6-4-5-11-24-20)27-23(32)29(22)17-7-9-18(31-3)10-8-17/h4-14,21-22H,1-3H3,(H,27,32)/t21-,22+/m1/s1. The maximum absolute atomic E-state index is 5.82. The second-order valence-electron chi connectivity index (χ2n) is 7.67. The number of pyridine rings is 1. The first kappa shape index (κ1) is 20.2. The molecule has 4 aromatic rings. The van der Waals surface area contributed by atoms with E-state index in [2.05, 4.69) is 50.0 Å². The number of ether oxygens (including phenoxy) is 1. The lowest BCUT2D eigenvalue weighted by molar-refractivity contribution is 0.415. The van der Waals surface area contributed by atoms with E-state index in [1.165, 1.54) is 0 Å². The van der Waals surface area contributed by atoms with Gasteiger partial charge in [-0.3, -0.25) is 9.66 Å². The van der Waals surface area contributed by atoms with Crippen LogP contribution in [0, 0.1) is 13.8 Å². The summed E-state index contributed by atoms with van der Waals surface area (Å²) in [4.78, 5) is 6.79. The number of aromatic nitrogens is 5. The summed E-state index contributed by atoms with van der Waals surface area (Å²) in [6.45, 7) is 4.18. The lowest BCUT2D eigenvalue weighted by Gasteiger charge is -2.28. The van der Waals surface area contributed by atoms with Crippen LogP contribution in [0.4, 0.5) is 5.69 Å². The van der Waals surface area contributed by atoms with Gasteiger partial charge in [-0.1, -0.05) is 6.07 Å². The van der Waals surface area contributed by atoms with E-state index in [0.29, 0.717) is 5.11 Å². The van der Waals surface area contributed by atoms with Gasteiger partial charge in [-0.15, -0.1) is 10.2 Å². The Morgan fingerprint density at radius 2 is 1.78 bits per heavy atom. The van der Waals surface area contributed by atoms with E-state index < -0.39 is 0 Å². The highest BCUT2D eigenvalue weighted by atomic mass is 32.1. The Morgan fingerprint density at radius 3 is 2.44 bits per heavy atom. The van der Waals surface area contributed by atoms with Crippen LogP contribution < -0.4 is 15.0 Å². The highest BCUT2D eigenvalue weighted by Crippen LogP contribution is 2.43. The van der Waals surface area contributed by atoms with Crippen LogP contribution >= 0.6 is 12.2 Å². The zero-order valence-corrected chi connectivity index (χ0v) is 18.8. The molecule has 32 heavy (non-hydrogen) atoms. The second kappa shape index (κ2) is 8.08. The summed E-state index contributed by atoms with van der Waals surface area (Å²) in [5.74, 6) is 0.801. The van der Waals surface area contributed by atoms with Crippen molar-refractivity contribution in [1.82, 2.24) is 29.9 Å². The smallest absolute Gasteiger partial charge is 0.174 e. The summed E-state index contributed by atoms with van der Waals surface area (Å²) in [6, 6.07) is 15.9. The molecule has 0 unspecified atom stereocenters. The molecular formula is C23H23N7OS. The fraction of sp³-hybridized carbons (Fsp3) is 0.217. The van der Waals surface area contributed by atoms with Gasteiger partial charge in [0.2, 0.25) is 0 Å². The molecule has 0 aliphatic carbocycles. The SMILES string of the molecule is COc1ccc(N2C(=S)N[C@H](c3ccccn3)[C@@H]2c2cc(C)n(-n3cnnc3)c2C)cc1. The van der Waals surface area contributed by atoms with Crippen LogP contribution in [0.15, 0.2) is 67.4 Å². The van der Waals surface area contributed by atoms with Crippen LogP contribution in [0.1, 0.15) is 34.7 Å². The van der Waals surface area contributed by atoms with Crippen LogP contribution in [0.5, 0.6) is 5.75 Å². The van der Waals surface area contributed by atoms with Gasteiger partial charge in [0, 0.05) is 28.8 Å². The van der Waals surface area contributed by atoms with Gasteiger partial charge in [0.25, 0.3) is 0 Å². The molecule has 4 heterocycles. The van der Waals surface area contributed by atoms with Gasteiger partial charge in [-0.2, -0.15) is 0 Å². The molecule has 1 aliphatic heterocycles. The van der Waals surface area contributed by atoms with Crippen molar-refractivity contribution in [2.75, 3.05) is 12.0 Å². The Hall–Kier alpha value is -3.72. The molecule has 1 N–H and O–H groups in total. The van der Waals surface area contributed by atoms with E-state index >= 15 is 0 Å². The predicted octanol–water partition coefficient (Wildman–Crippen LogP) is 3.59. The average Bonchev–Trinajstić information content (AvgIpc) is 3.52. The highest BCUT2D eigenvalue weighted by molar-refractivity contribution is 7.80. The predicted molar refractivity (Wildman–Crippen MR) is 126 cm³/mol. The molecule has 1 fully saturated rings. The fourth-order valence-corrected chi connectivity index (χ4v) is 4.77. The van der Waals surface area contributed by atoms with Crippen molar-refractivity contribution in [1.29, 1.82) is 0 Å². The Morgan fingerprint density at radius 1 is 1.03 bits per heavy atom. The minimum atomic E-state index is -0.110. The van der Waals surface area contributed by atoms with Crippen molar-refractivity contribution in [2.45, 2.75) is 25.9 Å². The fourth-order valence-electron chi connectivity index (χ4n) is 4.42. The van der Waals surface area contributed by atoms with E-state index in [-0.39, 0.29) is 12.1 Å². The summed E-state index contributed by atoms with van der Waals surface area (Å²) in [5.41, 5.74) is 5.23. The maximum Gasteiger partial charge on any atom is 0.174 e. The van der Waals surface area contributed by atoms with E-state index in [9.17, 15) is 0 Å². The van der Waals surface area contributed by atoms with Crippen LogP contribution in [-0.4, -0.2) is 36.8 Å². The molecule has 1 aliphatic rings. The van der Waals surface area contributed by atoms with Crippen molar-refractivity contribution in [3.8, 4) is 5.75 Å². The Bertz CT molecular complexity index is 1240. The quantitative estimate of drug-likeness (QED) is 0.471. The number of anilines is 1. The minimum absolute atomic E-state index is 0.0952. The molecule has 0 amide bonds. The number of benzene rings is 1. The van der Waals surface area contributed by atoms with Crippen LogP contribution in [-0.2, 0) is 0 Å². The normalized spacial score (nSPS) is 18.1. The molecule has 0 bridgehead atoms. The highest BCUT2D eigenvalue weighted by Gasteiger charge is 2.42. The molecule has 162 valence electrons. The van der Waals surface area contributed by atoms with Crippen molar-refractivity contribution >= 4 is 23.0 Å². The Kier molecular flexibility index (Phi) is 5.10. The molecular weight excluding hydrogens is 422 g/mol. The molecule has 0 radical (unpaired) electrons. The minimum Gasteiger partial charge on any atom is -0.497 e. The number of nitrogens with zero attached hydrogens (tertiary/aromatic N) is 6. The van der Waals surface area contributed by atoms with Crippen LogP contribution in [0.25, 0.3) is 0 Å². The van der Waals surface area contributed by atoms with E-state index in [0.717, 1.165) is 34.1 Å². The maximum atomic E-state index is 5.82. The van der Waals surface area contributed by atoms with Gasteiger partial charge >= 0.3 is 0 Å². The number of aryl methyl sites for hydroxylation is 1. The van der Waals surface area contributed by atoms with Crippen LogP contribution in [0.2, 0.25) is 0 Å². The summed E-state index contributed by atoms with van der Waals surface area (Å²) in [6.07, 6.45) is 5.20. The molecule has 2 atom stereocenters. The summed E-state index contributed by atoms with van der Waals surface area (Å²) >= 11 is 5.82. The number of methoxy groups -OCH3 is 1. The van der Waals surface area contributed by atoms with Crippen molar-refractivity contribution in [2.24, 2.45) is 0 Å². The third-order valence-corrected chi connectivity index (χ3v) is 6.15. The van der Waals surface area contributed by atoms with Crippen molar-refractivity contribution < 1.29 is 4.74 Å². The van der Waals surface area contributed by atoms with Gasteiger partial charge in [0.1, 0.15) is 18.4 Å². The molecule has 5 rings (SSSR count). The number of rotatable bonds is 5. The van der Waals surface area contributed by atoms with Gasteiger partial charge in [0.05, 0.1) is 24.9 Å². The van der Waals surface area contributed by atoms with Crippen molar-refractivity contribution in [3.05, 3.63) is 90.0 Å². The largest absolute Gasteiger partial charge is 0.497 e. The summed E-state index contributed by atoms with van der Waals surface area (Å²) < 4.78 is 9.32. The molecule has 1 saturated heterocycles. The molecule has 3 aromatic heterocycles. The summed E-state index contributed by atoms with van der Waals surface area (Å²) in [7, 11) is 1.66. The average molecular weight is 446 g/mol. The van der Waals surface area contributed by atoms with E-state index in [1.807, 2.05) is 53.3 Å². The van der Waals surface area contributed by atoms with Crippen LogP contribution in [0.3, 0.4) is 0 Å². The number of hydrogen-bond donors (Lipinski definition) is 1. The Labute approximate surface area is 191 Å². The third-order valence-electron chi connectivity index (χ3n) is 5.84. The molecule has 0 saturated carbocycles. The van der Waals surface area contributed by atoms with Gasteiger partial charge in [-0.05, 0) is 68.5 Å². The first-order valence-electron chi connectivity index (χ1n) is 10.3. The number of hydrogen-bond acceptors (Lipinski definition) is 5. The van der Waals surface area contributed by atoms with Crippen molar-refractivity contribution in [3.63, 3.8) is 0 Å². The first-order chi connectivity index (χ1) is 15.6. The topological polar surface area (TPSA) is 73.0 Å². The molecule has 1 aromatic carbocycles. The Balaban J connectivity index is 1.66. The molecule has 0 spiro atoms. The van der Waals surface area contributed by atoms with E-state index in [4.69, 9.17) is 17.0 Å². The third kappa shape index (κ3) is 3.31. The second-order valence-corrected chi connectivity index (χ2v) is 8.06. The number of nitrogens with one attached hydrogen (secondary N) is 1. The number of thiocarbonyl (C=S) groups is 1. The lowest BCUT2D eigenvalue weighted by atomic mass is 9.96. The summed E-state index contributed by atoms with van der Waals surface area (Å²) in [5, 5.41) is 12.1. The molecule has 9 heteroatoms. The lowest BCUT2D eigenvalue weighted by Crippen LogP contribution is -2.29. The molecule has 8 nitrogen and oxygen atoms in total. The zero-order valence-electron chi connectivity index (χ0n) is 18.0. The van der Waals surface area contributed by atoms with Gasteiger partial charge < -0.3 is 15.0 Å². The zero-order chi connectivity index (χ0) is 22.2. The van der Waals surface area contributed by atoms with E-state index in [1.54, 1.807) is 19.8 Å².